The van der Waals surface area contributed by atoms with Gasteiger partial charge in [-0.3, -0.25) is 4.79 Å². The Labute approximate surface area is 137 Å². The summed E-state index contributed by atoms with van der Waals surface area (Å²) in [7, 11) is 1.30. The first-order valence-electron chi connectivity index (χ1n) is 6.71. The van der Waals surface area contributed by atoms with Gasteiger partial charge >= 0.3 is 5.97 Å². The molecule has 22 heavy (non-hydrogen) atoms. The molecular formula is C17H15BrO4. The molecular weight excluding hydrogens is 348 g/mol. The zero-order valence-corrected chi connectivity index (χ0v) is 13.8. The van der Waals surface area contributed by atoms with Crippen LogP contribution in [0.3, 0.4) is 0 Å². The van der Waals surface area contributed by atoms with Gasteiger partial charge in [-0.15, -0.1) is 0 Å². The standard InChI is InChI=1S/C17H15BrO4/c1-3-22-15-9-12(8-13(10-15)17(20)21-2)16(19)11-4-6-14(18)7-5-11/h4-10H,3H2,1-2H3. The van der Waals surface area contributed by atoms with Crippen molar-refractivity contribution in [3.63, 3.8) is 0 Å². The Hall–Kier alpha value is -2.14. The summed E-state index contributed by atoms with van der Waals surface area (Å²) in [4.78, 5) is 24.3. The molecule has 4 nitrogen and oxygen atoms in total. The number of ketones is 1. The third kappa shape index (κ3) is 3.74. The molecule has 0 unspecified atom stereocenters. The monoisotopic (exact) mass is 362 g/mol. The van der Waals surface area contributed by atoms with Gasteiger partial charge in [0.25, 0.3) is 0 Å². The molecule has 0 aliphatic carbocycles. The second kappa shape index (κ2) is 7.22. The molecule has 2 aromatic carbocycles. The molecule has 0 bridgehead atoms. The number of ether oxygens (including phenoxy) is 2. The van der Waals surface area contributed by atoms with Crippen LogP contribution in [-0.2, 0) is 4.74 Å². The van der Waals surface area contributed by atoms with E-state index in [0.29, 0.717) is 23.5 Å². The molecule has 0 aromatic heterocycles. The number of methoxy groups -OCH3 is 1. The highest BCUT2D eigenvalue weighted by molar-refractivity contribution is 9.10. The number of carbonyl (C=O) groups is 2. The fraction of sp³-hybridized carbons (Fsp3) is 0.176. The van der Waals surface area contributed by atoms with Crippen LogP contribution < -0.4 is 4.74 Å². The van der Waals surface area contributed by atoms with Crippen molar-refractivity contribution in [2.75, 3.05) is 13.7 Å². The van der Waals surface area contributed by atoms with Crippen LogP contribution in [-0.4, -0.2) is 25.5 Å². The highest BCUT2D eigenvalue weighted by Gasteiger charge is 2.15. The van der Waals surface area contributed by atoms with Gasteiger partial charge in [0.05, 0.1) is 19.3 Å². The van der Waals surface area contributed by atoms with E-state index in [1.165, 1.54) is 13.2 Å². The lowest BCUT2D eigenvalue weighted by Crippen LogP contribution is -2.07. The van der Waals surface area contributed by atoms with Gasteiger partial charge in [0.15, 0.2) is 5.78 Å². The molecule has 0 aliphatic rings. The Kier molecular flexibility index (Phi) is 5.33. The zero-order chi connectivity index (χ0) is 16.1. The van der Waals surface area contributed by atoms with E-state index in [1.807, 2.05) is 6.92 Å². The second-order valence-corrected chi connectivity index (χ2v) is 5.42. The van der Waals surface area contributed by atoms with Crippen molar-refractivity contribution in [3.8, 4) is 5.75 Å². The summed E-state index contributed by atoms with van der Waals surface area (Å²) in [6.07, 6.45) is 0. The van der Waals surface area contributed by atoms with Crippen LogP contribution >= 0.6 is 15.9 Å². The first kappa shape index (κ1) is 16.2. The fourth-order valence-electron chi connectivity index (χ4n) is 1.98. The molecule has 0 saturated carbocycles. The van der Waals surface area contributed by atoms with Crippen molar-refractivity contribution in [1.82, 2.24) is 0 Å². The number of rotatable bonds is 5. The molecule has 0 spiro atoms. The summed E-state index contributed by atoms with van der Waals surface area (Å²) in [6, 6.07) is 11.7. The Bertz CT molecular complexity index is 692. The van der Waals surface area contributed by atoms with Crippen LogP contribution in [0.2, 0.25) is 0 Å². The zero-order valence-electron chi connectivity index (χ0n) is 12.3. The van der Waals surface area contributed by atoms with Crippen molar-refractivity contribution in [3.05, 3.63) is 63.6 Å². The number of halogens is 1. The van der Waals surface area contributed by atoms with E-state index in [4.69, 9.17) is 9.47 Å². The first-order chi connectivity index (χ1) is 10.5. The van der Waals surface area contributed by atoms with Gasteiger partial charge in [-0.05, 0) is 49.4 Å². The van der Waals surface area contributed by atoms with Gasteiger partial charge in [-0.2, -0.15) is 0 Å². The van der Waals surface area contributed by atoms with Crippen LogP contribution in [0.1, 0.15) is 33.2 Å². The maximum Gasteiger partial charge on any atom is 0.338 e. The number of esters is 1. The largest absolute Gasteiger partial charge is 0.494 e. The van der Waals surface area contributed by atoms with E-state index in [2.05, 4.69) is 15.9 Å². The number of hydrogen-bond donors (Lipinski definition) is 0. The van der Waals surface area contributed by atoms with Gasteiger partial charge in [-0.25, -0.2) is 4.79 Å². The maximum atomic E-state index is 12.6. The quantitative estimate of drug-likeness (QED) is 0.598. The van der Waals surface area contributed by atoms with Crippen molar-refractivity contribution >= 4 is 27.7 Å². The van der Waals surface area contributed by atoms with Crippen LogP contribution in [0.25, 0.3) is 0 Å². The maximum absolute atomic E-state index is 12.6. The predicted octanol–water partition coefficient (Wildman–Crippen LogP) is 3.87. The summed E-state index contributed by atoms with van der Waals surface area (Å²) in [6.45, 7) is 2.28. The van der Waals surface area contributed by atoms with E-state index < -0.39 is 5.97 Å². The average molecular weight is 363 g/mol. The average Bonchev–Trinajstić information content (AvgIpc) is 2.54. The molecule has 0 amide bonds. The third-order valence-electron chi connectivity index (χ3n) is 3.01. The van der Waals surface area contributed by atoms with E-state index in [0.717, 1.165) is 4.47 Å². The van der Waals surface area contributed by atoms with Crippen molar-refractivity contribution < 1.29 is 19.1 Å². The lowest BCUT2D eigenvalue weighted by Gasteiger charge is -2.09. The Morgan fingerprint density at radius 2 is 1.64 bits per heavy atom. The normalized spacial score (nSPS) is 10.1. The molecule has 2 rings (SSSR count). The molecule has 0 fully saturated rings. The number of benzene rings is 2. The van der Waals surface area contributed by atoms with Gasteiger partial charge < -0.3 is 9.47 Å². The first-order valence-corrected chi connectivity index (χ1v) is 7.51. The minimum absolute atomic E-state index is 0.181. The molecule has 0 heterocycles. The van der Waals surface area contributed by atoms with Crippen molar-refractivity contribution in [1.29, 1.82) is 0 Å². The summed E-state index contributed by atoms with van der Waals surface area (Å²) in [5, 5.41) is 0. The molecule has 0 aliphatic heterocycles. The lowest BCUT2D eigenvalue weighted by atomic mass is 10.0. The van der Waals surface area contributed by atoms with Crippen molar-refractivity contribution in [2.45, 2.75) is 6.92 Å². The van der Waals surface area contributed by atoms with Crippen LogP contribution in [0.15, 0.2) is 46.9 Å². The Balaban J connectivity index is 2.44. The minimum Gasteiger partial charge on any atom is -0.494 e. The molecule has 114 valence electrons. The van der Waals surface area contributed by atoms with E-state index in [9.17, 15) is 9.59 Å². The Morgan fingerprint density at radius 1 is 1.00 bits per heavy atom. The Morgan fingerprint density at radius 3 is 2.23 bits per heavy atom. The van der Waals surface area contributed by atoms with E-state index in [-0.39, 0.29) is 11.3 Å². The SMILES string of the molecule is CCOc1cc(C(=O)OC)cc(C(=O)c2ccc(Br)cc2)c1. The number of hydrogen-bond acceptors (Lipinski definition) is 4. The number of carbonyl (C=O) groups excluding carboxylic acids is 2. The van der Waals surface area contributed by atoms with Gasteiger partial charge in [0.2, 0.25) is 0 Å². The topological polar surface area (TPSA) is 52.6 Å². The summed E-state index contributed by atoms with van der Waals surface area (Å²) < 4.78 is 11.0. The van der Waals surface area contributed by atoms with E-state index in [1.54, 1.807) is 36.4 Å². The highest BCUT2D eigenvalue weighted by Crippen LogP contribution is 2.21. The summed E-state index contributed by atoms with van der Waals surface area (Å²) >= 11 is 3.33. The minimum atomic E-state index is -0.508. The molecule has 0 radical (unpaired) electrons. The molecule has 0 saturated heterocycles. The van der Waals surface area contributed by atoms with Crippen LogP contribution in [0, 0.1) is 0 Å². The highest BCUT2D eigenvalue weighted by atomic mass is 79.9. The van der Waals surface area contributed by atoms with Crippen LogP contribution in [0.4, 0.5) is 0 Å². The molecule has 5 heteroatoms. The summed E-state index contributed by atoms with van der Waals surface area (Å²) in [5.41, 5.74) is 1.20. The summed E-state index contributed by atoms with van der Waals surface area (Å²) in [5.74, 6) is -0.225. The van der Waals surface area contributed by atoms with Crippen molar-refractivity contribution in [2.24, 2.45) is 0 Å². The fourth-order valence-corrected chi connectivity index (χ4v) is 2.25. The van der Waals surface area contributed by atoms with Gasteiger partial charge in [0, 0.05) is 15.6 Å². The smallest absolute Gasteiger partial charge is 0.338 e. The molecule has 2 aromatic rings. The molecule has 0 atom stereocenters. The van der Waals surface area contributed by atoms with E-state index >= 15 is 0 Å². The lowest BCUT2D eigenvalue weighted by molar-refractivity contribution is 0.0600. The predicted molar refractivity (Wildman–Crippen MR) is 86.5 cm³/mol. The van der Waals surface area contributed by atoms with Gasteiger partial charge in [-0.1, -0.05) is 15.9 Å². The van der Waals surface area contributed by atoms with Crippen LogP contribution in [0.5, 0.6) is 5.75 Å². The second-order valence-electron chi connectivity index (χ2n) is 4.51. The molecule has 0 N–H and O–H groups in total. The van der Waals surface area contributed by atoms with Gasteiger partial charge in [0.1, 0.15) is 5.75 Å². The third-order valence-corrected chi connectivity index (χ3v) is 3.54.